The zero-order valence-corrected chi connectivity index (χ0v) is 13.2. The van der Waals surface area contributed by atoms with Crippen molar-refractivity contribution < 1.29 is 4.79 Å². The second-order valence-electron chi connectivity index (χ2n) is 4.69. The Kier molecular flexibility index (Phi) is 5.70. The number of carbonyl (C=O) groups is 1. The number of hydrogen-bond acceptors (Lipinski definition) is 5. The predicted octanol–water partition coefficient (Wildman–Crippen LogP) is 2.96. The van der Waals surface area contributed by atoms with Crippen LogP contribution in [-0.2, 0) is 11.3 Å². The first-order valence-corrected chi connectivity index (χ1v) is 8.49. The fourth-order valence-electron chi connectivity index (χ4n) is 1.94. The summed E-state index contributed by atoms with van der Waals surface area (Å²) in [5.41, 5.74) is 7.48. The quantitative estimate of drug-likeness (QED) is 0.815. The van der Waals surface area contributed by atoms with Crippen molar-refractivity contribution in [3.8, 4) is 10.6 Å². The van der Waals surface area contributed by atoms with Crippen LogP contribution in [0.2, 0.25) is 0 Å². The molecule has 0 bridgehead atoms. The summed E-state index contributed by atoms with van der Waals surface area (Å²) >= 11 is 3.32. The lowest BCUT2D eigenvalue weighted by atomic mass is 10.3. The molecule has 2 aromatic rings. The van der Waals surface area contributed by atoms with Gasteiger partial charge in [0.1, 0.15) is 5.01 Å². The number of primary amides is 1. The molecule has 0 aromatic carbocycles. The van der Waals surface area contributed by atoms with Crippen LogP contribution in [0.4, 0.5) is 0 Å². The van der Waals surface area contributed by atoms with Crippen molar-refractivity contribution in [1.82, 2.24) is 9.88 Å². The van der Waals surface area contributed by atoms with E-state index >= 15 is 0 Å². The molecule has 1 amide bonds. The van der Waals surface area contributed by atoms with Gasteiger partial charge in [0.15, 0.2) is 0 Å². The van der Waals surface area contributed by atoms with Crippen molar-refractivity contribution in [3.05, 3.63) is 27.9 Å². The first-order valence-electron chi connectivity index (χ1n) is 6.66. The molecular weight excluding hydrogens is 290 g/mol. The van der Waals surface area contributed by atoms with Crippen molar-refractivity contribution in [1.29, 1.82) is 0 Å². The summed E-state index contributed by atoms with van der Waals surface area (Å²) in [6.45, 7) is 4.00. The lowest BCUT2D eigenvalue weighted by molar-refractivity contribution is -0.119. The van der Waals surface area contributed by atoms with Crippen LogP contribution in [0.15, 0.2) is 22.2 Å². The van der Waals surface area contributed by atoms with Crippen LogP contribution in [0.3, 0.4) is 0 Å². The van der Waals surface area contributed by atoms with Crippen LogP contribution >= 0.6 is 22.7 Å². The van der Waals surface area contributed by atoms with Gasteiger partial charge in [-0.25, -0.2) is 4.98 Å². The van der Waals surface area contributed by atoms with E-state index in [2.05, 4.69) is 39.0 Å². The molecule has 2 rings (SSSR count). The number of carbonyl (C=O) groups excluding carboxylic acids is 1. The second-order valence-corrected chi connectivity index (χ2v) is 6.32. The Balaban J connectivity index is 2.00. The molecule has 6 heteroatoms. The Labute approximate surface area is 127 Å². The Morgan fingerprint density at radius 2 is 2.30 bits per heavy atom. The molecule has 0 spiro atoms. The van der Waals surface area contributed by atoms with E-state index in [1.807, 2.05) is 0 Å². The van der Waals surface area contributed by atoms with E-state index < -0.39 is 0 Å². The van der Waals surface area contributed by atoms with Crippen molar-refractivity contribution in [2.24, 2.45) is 5.73 Å². The third kappa shape index (κ3) is 4.40. The molecule has 108 valence electrons. The maximum atomic E-state index is 11.1. The van der Waals surface area contributed by atoms with Crippen LogP contribution in [0, 0.1) is 0 Å². The predicted molar refractivity (Wildman–Crippen MR) is 84.8 cm³/mol. The Bertz CT molecular complexity index is 536. The minimum absolute atomic E-state index is 0.283. The van der Waals surface area contributed by atoms with Gasteiger partial charge in [0.05, 0.1) is 12.2 Å². The maximum Gasteiger partial charge on any atom is 0.231 e. The molecule has 2 aromatic heterocycles. The summed E-state index contributed by atoms with van der Waals surface area (Å²) in [6.07, 6.45) is 2.17. The highest BCUT2D eigenvalue weighted by Crippen LogP contribution is 2.26. The third-order valence-electron chi connectivity index (χ3n) is 2.91. The van der Waals surface area contributed by atoms with Gasteiger partial charge in [-0.05, 0) is 24.4 Å². The fraction of sp³-hybridized carbons (Fsp3) is 0.429. The van der Waals surface area contributed by atoms with Gasteiger partial charge in [0.25, 0.3) is 0 Å². The summed E-state index contributed by atoms with van der Waals surface area (Å²) in [4.78, 5) is 17.8. The van der Waals surface area contributed by atoms with Gasteiger partial charge in [-0.15, -0.1) is 11.3 Å². The minimum atomic E-state index is -0.283. The molecule has 0 aliphatic rings. The van der Waals surface area contributed by atoms with E-state index in [0.717, 1.165) is 30.1 Å². The molecular formula is C14H19N3OS2. The molecule has 2 N–H and O–H groups in total. The standard InChI is InChI=1S/C14H19N3OS2/c1-2-3-5-17(8-13(15)18)7-12-10-20-14(16-12)11-4-6-19-9-11/h4,6,9-10H,2-3,5,7-8H2,1H3,(H2,15,18). The molecule has 0 atom stereocenters. The monoisotopic (exact) mass is 309 g/mol. The molecule has 0 aliphatic carbocycles. The van der Waals surface area contributed by atoms with Gasteiger partial charge in [-0.3, -0.25) is 9.69 Å². The van der Waals surface area contributed by atoms with Crippen LogP contribution in [-0.4, -0.2) is 28.9 Å². The summed E-state index contributed by atoms with van der Waals surface area (Å²) in [5.74, 6) is -0.283. The van der Waals surface area contributed by atoms with Crippen LogP contribution < -0.4 is 5.73 Å². The molecule has 2 heterocycles. The number of thiazole rings is 1. The molecule has 0 fully saturated rings. The Morgan fingerprint density at radius 1 is 1.45 bits per heavy atom. The first kappa shape index (κ1) is 15.2. The normalized spacial score (nSPS) is 11.1. The van der Waals surface area contributed by atoms with E-state index in [0.29, 0.717) is 13.1 Å². The first-order chi connectivity index (χ1) is 9.69. The van der Waals surface area contributed by atoms with Crippen LogP contribution in [0.1, 0.15) is 25.5 Å². The molecule has 0 saturated carbocycles. The number of rotatable bonds is 8. The highest BCUT2D eigenvalue weighted by Gasteiger charge is 2.12. The summed E-state index contributed by atoms with van der Waals surface area (Å²) in [5, 5.41) is 7.25. The van der Waals surface area contributed by atoms with Gasteiger partial charge >= 0.3 is 0 Å². The van der Waals surface area contributed by atoms with Crippen molar-refractivity contribution in [2.75, 3.05) is 13.1 Å². The van der Waals surface area contributed by atoms with E-state index in [-0.39, 0.29) is 5.91 Å². The topological polar surface area (TPSA) is 59.2 Å². The van der Waals surface area contributed by atoms with Gasteiger partial charge in [-0.2, -0.15) is 11.3 Å². The number of nitrogens with zero attached hydrogens (tertiary/aromatic N) is 2. The van der Waals surface area contributed by atoms with Gasteiger partial charge < -0.3 is 5.73 Å². The lowest BCUT2D eigenvalue weighted by Crippen LogP contribution is -2.34. The average molecular weight is 309 g/mol. The van der Waals surface area contributed by atoms with Gasteiger partial charge in [0, 0.05) is 22.9 Å². The zero-order valence-electron chi connectivity index (χ0n) is 11.5. The number of amides is 1. The lowest BCUT2D eigenvalue weighted by Gasteiger charge is -2.19. The zero-order chi connectivity index (χ0) is 14.4. The number of aromatic nitrogens is 1. The molecule has 20 heavy (non-hydrogen) atoms. The number of thiophene rings is 1. The van der Waals surface area contributed by atoms with E-state index in [1.165, 1.54) is 5.56 Å². The second kappa shape index (κ2) is 7.52. The van der Waals surface area contributed by atoms with E-state index in [1.54, 1.807) is 22.7 Å². The summed E-state index contributed by atoms with van der Waals surface area (Å²) in [6, 6.07) is 2.07. The fourth-order valence-corrected chi connectivity index (χ4v) is 3.47. The van der Waals surface area contributed by atoms with E-state index in [4.69, 9.17) is 5.73 Å². The van der Waals surface area contributed by atoms with E-state index in [9.17, 15) is 4.79 Å². The highest BCUT2D eigenvalue weighted by molar-refractivity contribution is 7.14. The summed E-state index contributed by atoms with van der Waals surface area (Å²) in [7, 11) is 0. The molecule has 0 saturated heterocycles. The molecule has 4 nitrogen and oxygen atoms in total. The Hall–Kier alpha value is -1.24. The van der Waals surface area contributed by atoms with Crippen LogP contribution in [0.25, 0.3) is 10.6 Å². The van der Waals surface area contributed by atoms with Crippen LogP contribution in [0.5, 0.6) is 0 Å². The SMILES string of the molecule is CCCCN(CC(N)=O)Cc1csc(-c2ccsc2)n1. The highest BCUT2D eigenvalue weighted by atomic mass is 32.1. The smallest absolute Gasteiger partial charge is 0.231 e. The average Bonchev–Trinajstić information content (AvgIpc) is 3.05. The summed E-state index contributed by atoms with van der Waals surface area (Å²) < 4.78 is 0. The van der Waals surface area contributed by atoms with Gasteiger partial charge in [-0.1, -0.05) is 13.3 Å². The van der Waals surface area contributed by atoms with Gasteiger partial charge in [0.2, 0.25) is 5.91 Å². The van der Waals surface area contributed by atoms with Crippen molar-refractivity contribution in [3.63, 3.8) is 0 Å². The number of nitrogens with two attached hydrogens (primary N) is 1. The number of hydrogen-bond donors (Lipinski definition) is 1. The third-order valence-corrected chi connectivity index (χ3v) is 4.54. The Morgan fingerprint density at radius 3 is 2.95 bits per heavy atom. The maximum absolute atomic E-state index is 11.1. The molecule has 0 unspecified atom stereocenters. The van der Waals surface area contributed by atoms with Crippen molar-refractivity contribution >= 4 is 28.6 Å². The largest absolute Gasteiger partial charge is 0.369 e. The number of unbranched alkanes of at least 4 members (excludes halogenated alkanes) is 1. The molecule has 0 aliphatic heterocycles. The van der Waals surface area contributed by atoms with Crippen molar-refractivity contribution in [2.45, 2.75) is 26.3 Å². The molecule has 0 radical (unpaired) electrons. The minimum Gasteiger partial charge on any atom is -0.369 e.